The lowest BCUT2D eigenvalue weighted by Crippen LogP contribution is -2.60. The van der Waals surface area contributed by atoms with Crippen molar-refractivity contribution in [2.45, 2.75) is 81.5 Å². The minimum absolute atomic E-state index is 0.0196. The fourth-order valence-corrected chi connectivity index (χ4v) is 9.50. The number of benzene rings is 1. The number of fused-ring (bicyclic) bond motifs is 2. The smallest absolute Gasteiger partial charge is 0.311 e. The van der Waals surface area contributed by atoms with Gasteiger partial charge < -0.3 is 19.6 Å². The lowest BCUT2D eigenvalue weighted by Gasteiger charge is -2.45. The molecule has 2 amide bonds. The molecule has 1 N–H and O–H groups in total. The third kappa shape index (κ3) is 5.02. The molecular formula is C32H42N2O5S. The Morgan fingerprint density at radius 2 is 1.80 bits per heavy atom. The maximum atomic E-state index is 14.8. The first-order chi connectivity index (χ1) is 18.9. The maximum Gasteiger partial charge on any atom is 0.311 e. The summed E-state index contributed by atoms with van der Waals surface area (Å²) in [6.07, 6.45) is 9.89. The number of carbonyl (C=O) groups is 3. The van der Waals surface area contributed by atoms with E-state index in [9.17, 15) is 19.5 Å². The molecule has 2 fully saturated rings. The number of ether oxygens (including phenoxy) is 1. The molecule has 0 bridgehead atoms. The van der Waals surface area contributed by atoms with Gasteiger partial charge in [-0.15, -0.1) is 11.8 Å². The number of hydrogen-bond donors (Lipinski definition) is 1. The summed E-state index contributed by atoms with van der Waals surface area (Å²) in [5.41, 5.74) is 0.477. The van der Waals surface area contributed by atoms with Crippen LogP contribution < -0.4 is 0 Å². The van der Waals surface area contributed by atoms with E-state index < -0.39 is 34.2 Å². The molecule has 0 saturated carbocycles. The Bertz CT molecular complexity index is 1210. The van der Waals surface area contributed by atoms with Gasteiger partial charge in [0.15, 0.2) is 0 Å². The highest BCUT2D eigenvalue weighted by Crippen LogP contribution is 2.61. The Hall–Kier alpha value is -2.58. The lowest BCUT2D eigenvalue weighted by atomic mass is 9.78. The van der Waals surface area contributed by atoms with Crippen molar-refractivity contribution in [3.63, 3.8) is 0 Å². The van der Waals surface area contributed by atoms with Gasteiger partial charge in [0, 0.05) is 17.3 Å². The van der Waals surface area contributed by atoms with E-state index in [1.165, 1.54) is 0 Å². The highest BCUT2D eigenvalue weighted by molar-refractivity contribution is 8.02. The summed E-state index contributed by atoms with van der Waals surface area (Å²) in [6.45, 7) is 11.1. The third-order valence-electron chi connectivity index (χ3n) is 8.67. The van der Waals surface area contributed by atoms with Gasteiger partial charge in [0.1, 0.15) is 6.04 Å². The Balaban J connectivity index is 1.63. The molecule has 5 rings (SSSR count). The van der Waals surface area contributed by atoms with Gasteiger partial charge >= 0.3 is 5.97 Å². The molecule has 4 heterocycles. The average molecular weight is 567 g/mol. The molecule has 0 radical (unpaired) electrons. The van der Waals surface area contributed by atoms with Crippen LogP contribution in [0.3, 0.4) is 0 Å². The molecule has 1 aromatic carbocycles. The summed E-state index contributed by atoms with van der Waals surface area (Å²) in [5, 5.41) is 10.4. The molecule has 0 aliphatic carbocycles. The van der Waals surface area contributed by atoms with E-state index >= 15 is 0 Å². The van der Waals surface area contributed by atoms with E-state index in [2.05, 4.69) is 34.6 Å². The Kier molecular flexibility index (Phi) is 7.72. The topological polar surface area (TPSA) is 87.2 Å². The number of cyclic esters (lactones) is 1. The van der Waals surface area contributed by atoms with Gasteiger partial charge in [-0.25, -0.2) is 0 Å². The Labute approximate surface area is 242 Å². The van der Waals surface area contributed by atoms with Gasteiger partial charge in [0.25, 0.3) is 0 Å². The molecule has 4 aliphatic rings. The summed E-state index contributed by atoms with van der Waals surface area (Å²) < 4.78 is 4.66. The molecule has 0 aromatic heterocycles. The SMILES string of the molecule is CC(C)(C)CC(C)(C)N1CC=C[C@]23S[C@H]4C=CCCOC(=O)[C@H]4[C@H]2C(=O)N([C@@H](CO)Cc2ccccc2)C3C1=O. The van der Waals surface area contributed by atoms with Crippen molar-refractivity contribution in [2.24, 2.45) is 17.3 Å². The molecule has 40 heavy (non-hydrogen) atoms. The van der Waals surface area contributed by atoms with Crippen LogP contribution in [0.15, 0.2) is 54.6 Å². The second kappa shape index (κ2) is 10.7. The molecule has 8 heteroatoms. The van der Waals surface area contributed by atoms with Crippen LogP contribution in [-0.2, 0) is 25.5 Å². The van der Waals surface area contributed by atoms with E-state index in [1.807, 2.05) is 59.5 Å². The Morgan fingerprint density at radius 3 is 2.48 bits per heavy atom. The number of likely N-dealkylation sites (tertiary alicyclic amines) is 1. The van der Waals surface area contributed by atoms with Gasteiger partial charge in [0.05, 0.1) is 35.8 Å². The summed E-state index contributed by atoms with van der Waals surface area (Å²) in [4.78, 5) is 46.3. The van der Waals surface area contributed by atoms with Crippen molar-refractivity contribution in [3.05, 3.63) is 60.2 Å². The number of aliphatic hydroxyl groups excluding tert-OH is 1. The minimum Gasteiger partial charge on any atom is -0.465 e. The number of amides is 2. The molecule has 6 atom stereocenters. The minimum atomic E-state index is -0.937. The van der Waals surface area contributed by atoms with Crippen LogP contribution >= 0.6 is 11.8 Å². The fourth-order valence-electron chi connectivity index (χ4n) is 7.51. The first-order valence-corrected chi connectivity index (χ1v) is 15.2. The molecular weight excluding hydrogens is 524 g/mol. The molecule has 7 nitrogen and oxygen atoms in total. The molecule has 1 unspecified atom stereocenters. The first kappa shape index (κ1) is 28.9. The van der Waals surface area contributed by atoms with E-state index in [0.29, 0.717) is 19.4 Å². The quantitative estimate of drug-likeness (QED) is 0.414. The van der Waals surface area contributed by atoms with E-state index in [0.717, 1.165) is 12.0 Å². The number of thioether (sulfide) groups is 1. The maximum absolute atomic E-state index is 14.8. The summed E-state index contributed by atoms with van der Waals surface area (Å²) >= 11 is 1.54. The van der Waals surface area contributed by atoms with Crippen LogP contribution in [0.25, 0.3) is 0 Å². The van der Waals surface area contributed by atoms with Crippen molar-refractivity contribution in [1.82, 2.24) is 9.80 Å². The van der Waals surface area contributed by atoms with Crippen molar-refractivity contribution in [2.75, 3.05) is 19.8 Å². The van der Waals surface area contributed by atoms with Gasteiger partial charge in [-0.1, -0.05) is 75.4 Å². The standard InChI is InChI=1S/C32H42N2O5S/c1-30(2,3)20-31(4,5)33-16-11-15-32-25(24-23(40-32)14-9-10-17-39-29(24)38)27(36)34(26(32)28(33)37)22(19-35)18-21-12-7-6-8-13-21/h6-9,11-15,22-26,35H,10,16-20H2,1-5H3/t22-,23+,24-,25+,26?,32+/m1/s1. The Morgan fingerprint density at radius 1 is 1.07 bits per heavy atom. The summed E-state index contributed by atoms with van der Waals surface area (Å²) in [5.74, 6) is -2.20. The average Bonchev–Trinajstić information content (AvgIpc) is 3.25. The zero-order valence-electron chi connectivity index (χ0n) is 24.2. The second-order valence-electron chi connectivity index (χ2n) is 13.4. The zero-order valence-corrected chi connectivity index (χ0v) is 25.0. The predicted octanol–water partition coefficient (Wildman–Crippen LogP) is 4.00. The van der Waals surface area contributed by atoms with E-state index in [-0.39, 0.29) is 41.7 Å². The highest BCUT2D eigenvalue weighted by Gasteiger charge is 2.72. The van der Waals surface area contributed by atoms with E-state index in [4.69, 9.17) is 4.74 Å². The number of rotatable bonds is 6. The first-order valence-electron chi connectivity index (χ1n) is 14.4. The normalized spacial score (nSPS) is 31.2. The summed E-state index contributed by atoms with van der Waals surface area (Å²) in [6, 6.07) is 8.27. The zero-order chi connectivity index (χ0) is 28.9. The number of nitrogens with zero attached hydrogens (tertiary/aromatic N) is 2. The van der Waals surface area contributed by atoms with Crippen molar-refractivity contribution in [3.8, 4) is 0 Å². The predicted molar refractivity (Wildman–Crippen MR) is 156 cm³/mol. The van der Waals surface area contributed by atoms with Crippen LogP contribution in [-0.4, -0.2) is 80.1 Å². The number of hydrogen-bond acceptors (Lipinski definition) is 6. The highest BCUT2D eigenvalue weighted by atomic mass is 32.2. The fraction of sp³-hybridized carbons (Fsp3) is 0.594. The van der Waals surface area contributed by atoms with Crippen molar-refractivity contribution in [1.29, 1.82) is 0 Å². The summed E-state index contributed by atoms with van der Waals surface area (Å²) in [7, 11) is 0. The van der Waals surface area contributed by atoms with E-state index in [1.54, 1.807) is 16.7 Å². The van der Waals surface area contributed by atoms with Crippen molar-refractivity contribution < 1.29 is 24.2 Å². The van der Waals surface area contributed by atoms with Crippen LogP contribution in [0, 0.1) is 17.3 Å². The second-order valence-corrected chi connectivity index (χ2v) is 14.9. The van der Waals surface area contributed by atoms with Gasteiger partial charge in [0.2, 0.25) is 11.8 Å². The van der Waals surface area contributed by atoms with Crippen LogP contribution in [0.2, 0.25) is 0 Å². The number of carbonyl (C=O) groups excluding carboxylic acids is 3. The van der Waals surface area contributed by atoms with Crippen LogP contribution in [0.4, 0.5) is 0 Å². The third-order valence-corrected chi connectivity index (χ3v) is 10.4. The molecule has 216 valence electrons. The lowest BCUT2D eigenvalue weighted by molar-refractivity contribution is -0.154. The molecule has 4 aliphatic heterocycles. The molecule has 1 spiro atoms. The van der Waals surface area contributed by atoms with Crippen LogP contribution in [0.1, 0.15) is 53.0 Å². The molecule has 1 aromatic rings. The van der Waals surface area contributed by atoms with Gasteiger partial charge in [-0.05, 0) is 44.1 Å². The molecule has 2 saturated heterocycles. The monoisotopic (exact) mass is 566 g/mol. The van der Waals surface area contributed by atoms with Gasteiger partial charge in [-0.3, -0.25) is 14.4 Å². The number of aliphatic hydroxyl groups is 1. The largest absolute Gasteiger partial charge is 0.465 e. The van der Waals surface area contributed by atoms with Crippen molar-refractivity contribution >= 4 is 29.5 Å². The number of esters is 1. The van der Waals surface area contributed by atoms with Gasteiger partial charge in [-0.2, -0.15) is 0 Å². The van der Waals surface area contributed by atoms with Crippen LogP contribution in [0.5, 0.6) is 0 Å².